The Hall–Kier alpha value is -2.06. The molecule has 0 aliphatic rings. The Morgan fingerprint density at radius 2 is 1.30 bits per heavy atom. The number of ether oxygens (including phenoxy) is 3. The van der Waals surface area contributed by atoms with Gasteiger partial charge in [0.15, 0.2) is 0 Å². The lowest BCUT2D eigenvalue weighted by Crippen LogP contribution is -2.05. The molecule has 0 aliphatic heterocycles. The van der Waals surface area contributed by atoms with Crippen molar-refractivity contribution >= 4 is 43.8 Å². The topological polar surface area (TPSA) is 82.1 Å². The van der Waals surface area contributed by atoms with E-state index < -0.39 is 5.97 Å². The molecule has 146 valence electrons. The number of esters is 1. The third kappa shape index (κ3) is 8.01. The predicted octanol–water partition coefficient (Wildman–Crippen LogP) is 4.26. The summed E-state index contributed by atoms with van der Waals surface area (Å²) in [6.07, 6.45) is 0.196. The molecule has 0 aliphatic carbocycles. The summed E-state index contributed by atoms with van der Waals surface area (Å²) in [7, 11) is 4.46. The highest BCUT2D eigenvalue weighted by atomic mass is 79.9. The molecule has 6 nitrogen and oxygen atoms in total. The Morgan fingerprint density at radius 1 is 0.852 bits per heavy atom. The molecule has 27 heavy (non-hydrogen) atoms. The number of halogens is 2. The molecule has 0 fully saturated rings. The van der Waals surface area contributed by atoms with Gasteiger partial charge in [-0.15, -0.1) is 0 Å². The fourth-order valence-corrected chi connectivity index (χ4v) is 2.98. The summed E-state index contributed by atoms with van der Waals surface area (Å²) >= 11 is 6.60. The molecule has 0 saturated carbocycles. The van der Waals surface area contributed by atoms with E-state index in [0.29, 0.717) is 17.1 Å². The second kappa shape index (κ2) is 11.6. The molecule has 0 spiro atoms. The second-order valence-corrected chi connectivity index (χ2v) is 7.07. The fraction of sp³-hybridized carbons (Fsp3) is 0.263. The van der Waals surface area contributed by atoms with E-state index in [1.807, 2.05) is 24.3 Å². The molecule has 2 aromatic rings. The molecular weight excluding hydrogens is 484 g/mol. The molecule has 0 heterocycles. The number of hydrogen-bond donors (Lipinski definition) is 1. The molecule has 0 radical (unpaired) electrons. The highest BCUT2D eigenvalue weighted by molar-refractivity contribution is 9.10. The fourth-order valence-electron chi connectivity index (χ4n) is 2.16. The van der Waals surface area contributed by atoms with Gasteiger partial charge in [0, 0.05) is 20.1 Å². The maximum absolute atomic E-state index is 11.1. The molecular formula is C19H20Br2O6. The van der Waals surface area contributed by atoms with E-state index in [9.17, 15) is 9.59 Å². The largest absolute Gasteiger partial charge is 0.496 e. The molecule has 0 saturated heterocycles. The van der Waals surface area contributed by atoms with Gasteiger partial charge < -0.3 is 19.3 Å². The molecule has 2 aromatic carbocycles. The first kappa shape index (κ1) is 23.0. The van der Waals surface area contributed by atoms with Gasteiger partial charge in [0.05, 0.1) is 34.2 Å². The normalized spacial score (nSPS) is 9.67. The van der Waals surface area contributed by atoms with Crippen LogP contribution < -0.4 is 9.47 Å². The molecule has 0 aromatic heterocycles. The Balaban J connectivity index is 0.000000271. The van der Waals surface area contributed by atoms with Gasteiger partial charge in [-0.05, 0) is 36.4 Å². The lowest BCUT2D eigenvalue weighted by atomic mass is 10.1. The average molecular weight is 504 g/mol. The summed E-state index contributed by atoms with van der Waals surface area (Å²) < 4.78 is 16.5. The second-order valence-electron chi connectivity index (χ2n) is 5.24. The summed E-state index contributed by atoms with van der Waals surface area (Å²) in [4.78, 5) is 21.5. The van der Waals surface area contributed by atoms with Gasteiger partial charge in [0.25, 0.3) is 0 Å². The van der Waals surface area contributed by atoms with Gasteiger partial charge in [-0.3, -0.25) is 9.59 Å². The molecule has 2 rings (SSSR count). The van der Waals surface area contributed by atoms with Crippen LogP contribution in [0.5, 0.6) is 11.5 Å². The van der Waals surface area contributed by atoms with Crippen LogP contribution in [-0.2, 0) is 27.2 Å². The van der Waals surface area contributed by atoms with E-state index in [0.717, 1.165) is 14.5 Å². The maximum atomic E-state index is 11.1. The molecule has 0 amide bonds. The van der Waals surface area contributed by atoms with Gasteiger partial charge in [0.1, 0.15) is 11.5 Å². The summed E-state index contributed by atoms with van der Waals surface area (Å²) in [5.41, 5.74) is 1.48. The summed E-state index contributed by atoms with van der Waals surface area (Å²) in [5.74, 6) is 0.155. The van der Waals surface area contributed by atoms with Crippen molar-refractivity contribution in [2.24, 2.45) is 0 Å². The minimum Gasteiger partial charge on any atom is -0.496 e. The van der Waals surface area contributed by atoms with Gasteiger partial charge in [0.2, 0.25) is 0 Å². The number of rotatable bonds is 6. The van der Waals surface area contributed by atoms with E-state index in [2.05, 4.69) is 36.6 Å². The van der Waals surface area contributed by atoms with Gasteiger partial charge >= 0.3 is 11.9 Å². The number of aliphatic carboxylic acids is 1. The van der Waals surface area contributed by atoms with E-state index in [1.165, 1.54) is 14.2 Å². The molecule has 0 unspecified atom stereocenters. The smallest absolute Gasteiger partial charge is 0.310 e. The number of methoxy groups -OCH3 is 3. The monoisotopic (exact) mass is 502 g/mol. The van der Waals surface area contributed by atoms with Crippen molar-refractivity contribution in [2.75, 3.05) is 21.3 Å². The number of carboxylic acid groups (broad SMARTS) is 1. The van der Waals surface area contributed by atoms with Crippen molar-refractivity contribution in [3.05, 3.63) is 56.5 Å². The third-order valence-electron chi connectivity index (χ3n) is 3.39. The predicted molar refractivity (Wildman–Crippen MR) is 108 cm³/mol. The van der Waals surface area contributed by atoms with Crippen LogP contribution in [0.15, 0.2) is 45.3 Å². The Labute approximate surface area is 174 Å². The zero-order valence-electron chi connectivity index (χ0n) is 15.1. The molecule has 0 atom stereocenters. The summed E-state index contributed by atoms with van der Waals surface area (Å²) in [6, 6.07) is 10.8. The van der Waals surface area contributed by atoms with Crippen molar-refractivity contribution in [1.29, 1.82) is 0 Å². The summed E-state index contributed by atoms with van der Waals surface area (Å²) in [6.45, 7) is 0. The molecule has 8 heteroatoms. The minimum absolute atomic E-state index is 0.0252. The van der Waals surface area contributed by atoms with Crippen molar-refractivity contribution in [3.8, 4) is 11.5 Å². The van der Waals surface area contributed by atoms with Crippen LogP contribution in [0.3, 0.4) is 0 Å². The van der Waals surface area contributed by atoms with Crippen molar-refractivity contribution in [2.45, 2.75) is 12.8 Å². The number of carbonyl (C=O) groups is 2. The van der Waals surface area contributed by atoms with Crippen LogP contribution in [0.4, 0.5) is 0 Å². The van der Waals surface area contributed by atoms with Crippen LogP contribution in [-0.4, -0.2) is 38.4 Å². The van der Waals surface area contributed by atoms with E-state index >= 15 is 0 Å². The highest BCUT2D eigenvalue weighted by Gasteiger charge is 2.09. The minimum atomic E-state index is -0.864. The Kier molecular flexibility index (Phi) is 9.88. The quantitative estimate of drug-likeness (QED) is 0.593. The first-order chi connectivity index (χ1) is 12.8. The van der Waals surface area contributed by atoms with E-state index in [4.69, 9.17) is 14.6 Å². The zero-order valence-corrected chi connectivity index (χ0v) is 18.3. The van der Waals surface area contributed by atoms with Crippen LogP contribution in [0.2, 0.25) is 0 Å². The highest BCUT2D eigenvalue weighted by Crippen LogP contribution is 2.24. The van der Waals surface area contributed by atoms with Crippen LogP contribution in [0.25, 0.3) is 0 Å². The number of carboxylic acids is 1. The SMILES string of the molecule is COC(=O)Cc1cc(Br)ccc1OC.COc1ccc(Br)cc1CC(=O)O. The average Bonchev–Trinajstić information content (AvgIpc) is 2.62. The lowest BCUT2D eigenvalue weighted by Gasteiger charge is -2.07. The number of benzene rings is 2. The van der Waals surface area contributed by atoms with Gasteiger partial charge in [-0.1, -0.05) is 31.9 Å². The van der Waals surface area contributed by atoms with Crippen molar-refractivity contribution in [1.82, 2.24) is 0 Å². The van der Waals surface area contributed by atoms with E-state index in [1.54, 1.807) is 19.2 Å². The van der Waals surface area contributed by atoms with Crippen LogP contribution >= 0.6 is 31.9 Å². The zero-order chi connectivity index (χ0) is 20.4. The first-order valence-corrected chi connectivity index (χ1v) is 9.32. The van der Waals surface area contributed by atoms with Crippen molar-refractivity contribution < 1.29 is 28.9 Å². The molecule has 1 N–H and O–H groups in total. The van der Waals surface area contributed by atoms with E-state index in [-0.39, 0.29) is 18.8 Å². The third-order valence-corrected chi connectivity index (χ3v) is 4.38. The standard InChI is InChI=1S/C10H11BrO3.C9H9BrO3/c1-13-9-4-3-8(11)5-7(9)6-10(12)14-2;1-13-8-3-2-7(10)4-6(8)5-9(11)12/h3-5H,6H2,1-2H3;2-4H,5H2,1H3,(H,11,12). The first-order valence-electron chi connectivity index (χ1n) is 7.74. The lowest BCUT2D eigenvalue weighted by molar-refractivity contribution is -0.140. The van der Waals surface area contributed by atoms with Gasteiger partial charge in [-0.25, -0.2) is 0 Å². The van der Waals surface area contributed by atoms with Crippen molar-refractivity contribution in [3.63, 3.8) is 0 Å². The number of hydrogen-bond acceptors (Lipinski definition) is 5. The van der Waals surface area contributed by atoms with Crippen LogP contribution in [0.1, 0.15) is 11.1 Å². The Morgan fingerprint density at radius 3 is 1.67 bits per heavy atom. The molecule has 0 bridgehead atoms. The van der Waals surface area contributed by atoms with Crippen LogP contribution in [0, 0.1) is 0 Å². The number of carbonyl (C=O) groups excluding carboxylic acids is 1. The summed E-state index contributed by atoms with van der Waals surface area (Å²) in [5, 5.41) is 8.61. The van der Waals surface area contributed by atoms with Gasteiger partial charge in [-0.2, -0.15) is 0 Å². The Bertz CT molecular complexity index is 792. The maximum Gasteiger partial charge on any atom is 0.310 e.